The summed E-state index contributed by atoms with van der Waals surface area (Å²) in [5.74, 6) is 0.961. The Morgan fingerprint density at radius 1 is 1.27 bits per heavy atom. The minimum Gasteiger partial charge on any atom is -0.376 e. The molecule has 2 saturated heterocycles. The zero-order chi connectivity index (χ0) is 21.2. The smallest absolute Gasteiger partial charge is 0.269 e. The Bertz CT molecular complexity index is 681. The number of aliphatic imine (C=N–C) groups is 1. The fraction of sp³-hybridized carbons (Fsp3) is 0.682. The van der Waals surface area contributed by atoms with E-state index in [2.05, 4.69) is 15.2 Å². The highest BCUT2D eigenvalue weighted by molar-refractivity contribution is 5.79. The molecular weight excluding hydrogens is 384 g/mol. The number of non-ortho nitro benzene ring substituents is 1. The molecule has 3 rings (SSSR count). The van der Waals surface area contributed by atoms with Gasteiger partial charge in [-0.1, -0.05) is 12.1 Å². The van der Waals surface area contributed by atoms with Crippen LogP contribution in [0, 0.1) is 10.1 Å². The van der Waals surface area contributed by atoms with Gasteiger partial charge < -0.3 is 19.7 Å². The minimum atomic E-state index is -0.363. The van der Waals surface area contributed by atoms with Crippen LogP contribution in [-0.2, 0) is 15.9 Å². The molecule has 0 aromatic heterocycles. The van der Waals surface area contributed by atoms with Crippen molar-refractivity contribution in [3.05, 3.63) is 39.9 Å². The zero-order valence-corrected chi connectivity index (χ0v) is 17.9. The number of hydrogen-bond donors (Lipinski definition) is 1. The highest BCUT2D eigenvalue weighted by Gasteiger charge is 2.24. The number of piperidine rings is 1. The summed E-state index contributed by atoms with van der Waals surface area (Å²) in [6.45, 7) is 4.39. The van der Waals surface area contributed by atoms with Crippen molar-refractivity contribution < 1.29 is 14.4 Å². The third-order valence-corrected chi connectivity index (χ3v) is 5.82. The molecule has 166 valence electrons. The number of ether oxygens (including phenoxy) is 2. The SMILES string of the molecule is CN=C(NCCCCc1ccc([N+](=O)[O-])cc1)N1CCC(OCC2CCCO2)CC1. The third kappa shape index (κ3) is 6.95. The molecule has 0 saturated carbocycles. The lowest BCUT2D eigenvalue weighted by Crippen LogP contribution is -2.47. The lowest BCUT2D eigenvalue weighted by atomic mass is 10.1. The number of likely N-dealkylation sites (tertiary alicyclic amines) is 1. The van der Waals surface area contributed by atoms with E-state index < -0.39 is 0 Å². The van der Waals surface area contributed by atoms with E-state index in [1.165, 1.54) is 0 Å². The normalized spacial score (nSPS) is 20.5. The second-order valence-corrected chi connectivity index (χ2v) is 8.01. The van der Waals surface area contributed by atoms with Gasteiger partial charge >= 0.3 is 0 Å². The topological polar surface area (TPSA) is 89.2 Å². The summed E-state index contributed by atoms with van der Waals surface area (Å²) in [5.41, 5.74) is 1.28. The number of nitro groups is 1. The van der Waals surface area contributed by atoms with E-state index >= 15 is 0 Å². The first-order valence-corrected chi connectivity index (χ1v) is 11.1. The van der Waals surface area contributed by atoms with Gasteiger partial charge in [-0.2, -0.15) is 0 Å². The maximum atomic E-state index is 10.7. The molecule has 2 fully saturated rings. The van der Waals surface area contributed by atoms with Crippen molar-refractivity contribution in [3.63, 3.8) is 0 Å². The lowest BCUT2D eigenvalue weighted by Gasteiger charge is -2.34. The van der Waals surface area contributed by atoms with Crippen LogP contribution in [0.3, 0.4) is 0 Å². The van der Waals surface area contributed by atoms with Crippen LogP contribution in [0.2, 0.25) is 0 Å². The monoisotopic (exact) mass is 418 g/mol. The number of hydrogen-bond acceptors (Lipinski definition) is 5. The number of aryl methyl sites for hydroxylation is 1. The van der Waals surface area contributed by atoms with Gasteiger partial charge in [0.2, 0.25) is 0 Å². The maximum Gasteiger partial charge on any atom is 0.269 e. The van der Waals surface area contributed by atoms with Crippen molar-refractivity contribution >= 4 is 11.6 Å². The highest BCUT2D eigenvalue weighted by Crippen LogP contribution is 2.18. The van der Waals surface area contributed by atoms with Gasteiger partial charge in [0, 0.05) is 45.4 Å². The molecule has 1 atom stereocenters. The van der Waals surface area contributed by atoms with Gasteiger partial charge in [-0.3, -0.25) is 15.1 Å². The molecular formula is C22H34N4O4. The van der Waals surface area contributed by atoms with E-state index in [9.17, 15) is 10.1 Å². The average molecular weight is 419 g/mol. The molecule has 2 heterocycles. The van der Waals surface area contributed by atoms with Crippen LogP contribution in [0.4, 0.5) is 5.69 Å². The molecule has 0 radical (unpaired) electrons. The molecule has 0 amide bonds. The maximum absolute atomic E-state index is 10.7. The summed E-state index contributed by atoms with van der Waals surface area (Å²) in [6, 6.07) is 6.83. The Morgan fingerprint density at radius 3 is 2.67 bits per heavy atom. The molecule has 0 aliphatic carbocycles. The van der Waals surface area contributed by atoms with Crippen molar-refractivity contribution in [2.75, 3.05) is 39.9 Å². The minimum absolute atomic E-state index is 0.144. The van der Waals surface area contributed by atoms with Crippen molar-refractivity contribution in [2.24, 2.45) is 4.99 Å². The van der Waals surface area contributed by atoms with E-state index in [4.69, 9.17) is 9.47 Å². The van der Waals surface area contributed by atoms with Gasteiger partial charge in [0.1, 0.15) is 0 Å². The summed E-state index contributed by atoms with van der Waals surface area (Å²) in [6.07, 6.45) is 7.92. The first-order valence-electron chi connectivity index (χ1n) is 11.1. The zero-order valence-electron chi connectivity index (χ0n) is 17.9. The molecule has 8 heteroatoms. The molecule has 1 N–H and O–H groups in total. The fourth-order valence-corrected chi connectivity index (χ4v) is 4.02. The Hall–Kier alpha value is -2.19. The number of nitro benzene ring substituents is 1. The van der Waals surface area contributed by atoms with E-state index in [0.29, 0.717) is 12.2 Å². The van der Waals surface area contributed by atoms with Gasteiger partial charge in [0.05, 0.1) is 23.7 Å². The summed E-state index contributed by atoms with van der Waals surface area (Å²) in [5, 5.41) is 14.2. The molecule has 1 aromatic carbocycles. The first-order chi connectivity index (χ1) is 14.7. The van der Waals surface area contributed by atoms with E-state index in [1.807, 2.05) is 19.2 Å². The highest BCUT2D eigenvalue weighted by atomic mass is 16.6. The molecule has 30 heavy (non-hydrogen) atoms. The van der Waals surface area contributed by atoms with Crippen molar-refractivity contribution in [1.82, 2.24) is 10.2 Å². The van der Waals surface area contributed by atoms with Crippen LogP contribution in [0.25, 0.3) is 0 Å². The van der Waals surface area contributed by atoms with E-state index in [0.717, 1.165) is 89.3 Å². The van der Waals surface area contributed by atoms with Gasteiger partial charge in [-0.15, -0.1) is 0 Å². The van der Waals surface area contributed by atoms with Crippen LogP contribution in [-0.4, -0.2) is 67.9 Å². The van der Waals surface area contributed by atoms with Crippen LogP contribution >= 0.6 is 0 Å². The number of guanidine groups is 1. The van der Waals surface area contributed by atoms with Crippen LogP contribution in [0.15, 0.2) is 29.3 Å². The second kappa shape index (κ2) is 11.9. The number of rotatable bonds is 9. The largest absolute Gasteiger partial charge is 0.376 e. The number of nitrogens with one attached hydrogen (secondary N) is 1. The Morgan fingerprint density at radius 2 is 2.03 bits per heavy atom. The fourth-order valence-electron chi connectivity index (χ4n) is 4.02. The number of benzene rings is 1. The number of unbranched alkanes of at least 4 members (excludes halogenated alkanes) is 1. The summed E-state index contributed by atoms with van der Waals surface area (Å²) < 4.78 is 11.7. The predicted octanol–water partition coefficient (Wildman–Crippen LogP) is 3.15. The van der Waals surface area contributed by atoms with Crippen molar-refractivity contribution in [1.29, 1.82) is 0 Å². The molecule has 0 bridgehead atoms. The van der Waals surface area contributed by atoms with Crippen LogP contribution < -0.4 is 5.32 Å². The summed E-state index contributed by atoms with van der Waals surface area (Å²) in [4.78, 5) is 17.1. The Balaban J connectivity index is 1.28. The Labute approximate surface area is 178 Å². The van der Waals surface area contributed by atoms with Crippen molar-refractivity contribution in [3.8, 4) is 0 Å². The molecule has 8 nitrogen and oxygen atoms in total. The summed E-state index contributed by atoms with van der Waals surface area (Å²) >= 11 is 0. The van der Waals surface area contributed by atoms with E-state index in [1.54, 1.807) is 12.1 Å². The second-order valence-electron chi connectivity index (χ2n) is 8.01. The third-order valence-electron chi connectivity index (χ3n) is 5.82. The van der Waals surface area contributed by atoms with Crippen molar-refractivity contribution in [2.45, 2.75) is 57.2 Å². The average Bonchev–Trinajstić information content (AvgIpc) is 3.29. The van der Waals surface area contributed by atoms with Crippen LogP contribution in [0.1, 0.15) is 44.1 Å². The standard InChI is InChI=1S/C22H34N4O4/c1-23-22(24-13-3-2-5-18-7-9-19(10-8-18)26(27)28)25-14-11-20(12-15-25)30-17-21-6-4-16-29-21/h7-10,20-21H,2-6,11-17H2,1H3,(H,23,24). The Kier molecular flexibility index (Phi) is 8.89. The molecule has 1 aromatic rings. The van der Waals surface area contributed by atoms with Gasteiger partial charge in [-0.25, -0.2) is 0 Å². The molecule has 2 aliphatic heterocycles. The van der Waals surface area contributed by atoms with Gasteiger partial charge in [-0.05, 0) is 50.5 Å². The number of nitrogens with zero attached hydrogens (tertiary/aromatic N) is 3. The van der Waals surface area contributed by atoms with E-state index in [-0.39, 0.29) is 10.6 Å². The molecule has 2 aliphatic rings. The first kappa shape index (κ1) is 22.5. The lowest BCUT2D eigenvalue weighted by molar-refractivity contribution is -0.384. The summed E-state index contributed by atoms with van der Waals surface area (Å²) in [7, 11) is 1.83. The quantitative estimate of drug-likeness (QED) is 0.218. The molecule has 0 spiro atoms. The molecule has 1 unspecified atom stereocenters. The van der Waals surface area contributed by atoms with Gasteiger partial charge in [0.15, 0.2) is 5.96 Å². The van der Waals surface area contributed by atoms with Crippen LogP contribution in [0.5, 0.6) is 0 Å². The predicted molar refractivity (Wildman–Crippen MR) is 117 cm³/mol. The van der Waals surface area contributed by atoms with Gasteiger partial charge in [0.25, 0.3) is 5.69 Å².